The summed E-state index contributed by atoms with van der Waals surface area (Å²) in [4.78, 5) is 25.3. The van der Waals surface area contributed by atoms with Gasteiger partial charge in [-0.05, 0) is 36.2 Å². The molecule has 0 aliphatic rings. The third kappa shape index (κ3) is 7.36. The van der Waals surface area contributed by atoms with Gasteiger partial charge in [-0.3, -0.25) is 9.59 Å². The van der Waals surface area contributed by atoms with E-state index in [1.165, 1.54) is 12.1 Å². The highest BCUT2D eigenvalue weighted by Crippen LogP contribution is 2.31. The lowest BCUT2D eigenvalue weighted by molar-refractivity contribution is -0.137. The summed E-state index contributed by atoms with van der Waals surface area (Å²) in [7, 11) is 0. The smallest absolute Gasteiger partial charge is 0.342 e. The number of halogens is 4. The number of carbonyl (C=O) groups is 2. The van der Waals surface area contributed by atoms with Crippen LogP contribution in [0.2, 0.25) is 5.02 Å². The standard InChI is InChI=1S/C25H25ClF3N5O2S/c1-4-12-34-22(21(15(2)3)31-23(36)18-10-5-6-11-19(18)26)32-33-24(34)37-14-20(35)30-17-9-7-8-16(13-17)25(27,28)29/h4-11,13,15,21H,1,12,14H2,2-3H3,(H,30,35)(H,31,36)/t21-/m0/s1. The summed E-state index contributed by atoms with van der Waals surface area (Å²) in [5.74, 6) is -0.597. The maximum Gasteiger partial charge on any atom is 0.416 e. The van der Waals surface area contributed by atoms with E-state index < -0.39 is 23.7 Å². The van der Waals surface area contributed by atoms with Gasteiger partial charge in [0.05, 0.1) is 27.9 Å². The summed E-state index contributed by atoms with van der Waals surface area (Å²) >= 11 is 7.23. The molecular weight excluding hydrogens is 527 g/mol. The van der Waals surface area contributed by atoms with Crippen LogP contribution in [-0.4, -0.2) is 32.3 Å². The molecule has 12 heteroatoms. The van der Waals surface area contributed by atoms with Crippen LogP contribution in [0.1, 0.15) is 41.6 Å². The van der Waals surface area contributed by atoms with E-state index >= 15 is 0 Å². The average molecular weight is 552 g/mol. The fourth-order valence-corrected chi connectivity index (χ4v) is 4.41. The van der Waals surface area contributed by atoms with Gasteiger partial charge in [0.15, 0.2) is 11.0 Å². The number of aromatic nitrogens is 3. The summed E-state index contributed by atoms with van der Waals surface area (Å²) in [6.45, 7) is 7.90. The number of hydrogen-bond donors (Lipinski definition) is 2. The van der Waals surface area contributed by atoms with Gasteiger partial charge >= 0.3 is 6.18 Å². The number of allylic oxidation sites excluding steroid dienone is 1. The van der Waals surface area contributed by atoms with Crippen molar-refractivity contribution >= 4 is 40.9 Å². The van der Waals surface area contributed by atoms with Crippen LogP contribution in [0.4, 0.5) is 18.9 Å². The van der Waals surface area contributed by atoms with Crippen molar-refractivity contribution in [3.8, 4) is 0 Å². The largest absolute Gasteiger partial charge is 0.416 e. The summed E-state index contributed by atoms with van der Waals surface area (Å²) in [6.07, 6.45) is -2.88. The summed E-state index contributed by atoms with van der Waals surface area (Å²) in [5, 5.41) is 14.6. The van der Waals surface area contributed by atoms with Gasteiger partial charge in [-0.15, -0.1) is 16.8 Å². The number of thioether (sulfide) groups is 1. The normalized spacial score (nSPS) is 12.3. The molecule has 2 aromatic carbocycles. The molecule has 0 radical (unpaired) electrons. The molecule has 0 spiro atoms. The zero-order valence-corrected chi connectivity index (χ0v) is 21.6. The monoisotopic (exact) mass is 551 g/mol. The molecule has 3 rings (SSSR count). The lowest BCUT2D eigenvalue weighted by Gasteiger charge is -2.23. The van der Waals surface area contributed by atoms with Crippen LogP contribution in [0.25, 0.3) is 0 Å². The molecule has 0 fully saturated rings. The third-order valence-corrected chi connectivity index (χ3v) is 6.51. The molecule has 0 aliphatic heterocycles. The Balaban J connectivity index is 1.75. The van der Waals surface area contributed by atoms with Crippen molar-refractivity contribution in [1.82, 2.24) is 20.1 Å². The second kappa shape index (κ2) is 12.3. The quantitative estimate of drug-likeness (QED) is 0.238. The van der Waals surface area contributed by atoms with Gasteiger partial charge < -0.3 is 15.2 Å². The number of amides is 2. The summed E-state index contributed by atoms with van der Waals surface area (Å²) < 4.78 is 40.5. The maximum atomic E-state index is 12.9. The number of anilines is 1. The summed E-state index contributed by atoms with van der Waals surface area (Å²) in [5.41, 5.74) is -0.492. The molecule has 0 saturated heterocycles. The van der Waals surface area contributed by atoms with E-state index in [4.69, 9.17) is 11.6 Å². The highest BCUT2D eigenvalue weighted by molar-refractivity contribution is 7.99. The summed E-state index contributed by atoms with van der Waals surface area (Å²) in [6, 6.07) is 10.6. The zero-order chi connectivity index (χ0) is 27.2. The minimum atomic E-state index is -4.51. The highest BCUT2D eigenvalue weighted by Gasteiger charge is 2.30. The van der Waals surface area contributed by atoms with Gasteiger partial charge in [-0.2, -0.15) is 13.2 Å². The Morgan fingerprint density at radius 2 is 1.89 bits per heavy atom. The molecule has 3 aromatic rings. The first kappa shape index (κ1) is 28.3. The number of benzene rings is 2. The first-order valence-corrected chi connectivity index (χ1v) is 12.6. The number of rotatable bonds is 10. The molecule has 37 heavy (non-hydrogen) atoms. The Morgan fingerprint density at radius 1 is 1.16 bits per heavy atom. The van der Waals surface area contributed by atoms with Gasteiger partial charge in [-0.25, -0.2) is 0 Å². The van der Waals surface area contributed by atoms with Crippen molar-refractivity contribution in [3.63, 3.8) is 0 Å². The van der Waals surface area contributed by atoms with E-state index in [1.54, 1.807) is 34.9 Å². The van der Waals surface area contributed by atoms with Crippen molar-refractivity contribution in [2.75, 3.05) is 11.1 Å². The minimum absolute atomic E-state index is 0.0378. The van der Waals surface area contributed by atoms with Crippen molar-refractivity contribution in [3.05, 3.63) is 83.2 Å². The predicted octanol–water partition coefficient (Wildman–Crippen LogP) is 5.99. The molecule has 1 atom stereocenters. The molecule has 0 unspecified atom stereocenters. The van der Waals surface area contributed by atoms with E-state index in [9.17, 15) is 22.8 Å². The molecule has 1 aromatic heterocycles. The fourth-order valence-electron chi connectivity index (χ4n) is 3.43. The van der Waals surface area contributed by atoms with Crippen LogP contribution >= 0.6 is 23.4 Å². The van der Waals surface area contributed by atoms with E-state index in [-0.39, 0.29) is 23.3 Å². The molecule has 0 saturated carbocycles. The zero-order valence-electron chi connectivity index (χ0n) is 20.1. The van der Waals surface area contributed by atoms with Crippen LogP contribution in [-0.2, 0) is 17.5 Å². The molecule has 0 bridgehead atoms. The first-order valence-electron chi connectivity index (χ1n) is 11.2. The van der Waals surface area contributed by atoms with Gasteiger partial charge in [0, 0.05) is 12.2 Å². The lowest BCUT2D eigenvalue weighted by Crippen LogP contribution is -2.34. The fraction of sp³-hybridized carbons (Fsp3) is 0.280. The van der Waals surface area contributed by atoms with Crippen LogP contribution in [0.15, 0.2) is 66.3 Å². The lowest BCUT2D eigenvalue weighted by atomic mass is 10.0. The number of carbonyl (C=O) groups excluding carboxylic acids is 2. The third-order valence-electron chi connectivity index (χ3n) is 5.21. The van der Waals surface area contributed by atoms with Gasteiger partial charge in [0.2, 0.25) is 5.91 Å². The molecule has 0 aliphatic carbocycles. The predicted molar refractivity (Wildman–Crippen MR) is 138 cm³/mol. The van der Waals surface area contributed by atoms with E-state index in [2.05, 4.69) is 27.4 Å². The second-order valence-electron chi connectivity index (χ2n) is 8.33. The molecular formula is C25H25ClF3N5O2S. The van der Waals surface area contributed by atoms with Gasteiger partial charge in [0.25, 0.3) is 5.91 Å². The number of nitrogens with one attached hydrogen (secondary N) is 2. The van der Waals surface area contributed by atoms with Crippen LogP contribution < -0.4 is 10.6 Å². The molecule has 196 valence electrons. The van der Waals surface area contributed by atoms with Crippen LogP contribution in [0.5, 0.6) is 0 Å². The molecule has 7 nitrogen and oxygen atoms in total. The van der Waals surface area contributed by atoms with Crippen LogP contribution in [0.3, 0.4) is 0 Å². The van der Waals surface area contributed by atoms with Crippen molar-refractivity contribution < 1.29 is 22.8 Å². The minimum Gasteiger partial charge on any atom is -0.342 e. The first-order chi connectivity index (χ1) is 17.5. The Hall–Kier alpha value is -3.31. The number of alkyl halides is 3. The Labute approximate surface area is 221 Å². The van der Waals surface area contributed by atoms with Crippen molar-refractivity contribution in [2.45, 2.75) is 37.8 Å². The highest BCUT2D eigenvalue weighted by atomic mass is 35.5. The SMILES string of the molecule is C=CCn1c(SCC(=O)Nc2cccc(C(F)(F)F)c2)nnc1[C@@H](NC(=O)c1ccccc1Cl)C(C)C. The molecule has 2 N–H and O–H groups in total. The molecule has 2 amide bonds. The van der Waals surface area contributed by atoms with E-state index in [0.29, 0.717) is 28.1 Å². The second-order valence-corrected chi connectivity index (χ2v) is 9.68. The number of nitrogens with zero attached hydrogens (tertiary/aromatic N) is 3. The van der Waals surface area contributed by atoms with Crippen molar-refractivity contribution in [2.24, 2.45) is 5.92 Å². The topological polar surface area (TPSA) is 88.9 Å². The van der Waals surface area contributed by atoms with Gasteiger partial charge in [-0.1, -0.05) is 61.5 Å². The Bertz CT molecular complexity index is 1280. The Morgan fingerprint density at radius 3 is 2.54 bits per heavy atom. The van der Waals surface area contributed by atoms with Crippen LogP contribution in [0, 0.1) is 5.92 Å². The van der Waals surface area contributed by atoms with Gasteiger partial charge in [0.1, 0.15) is 0 Å². The molecule has 1 heterocycles. The van der Waals surface area contributed by atoms with E-state index in [0.717, 1.165) is 23.9 Å². The number of hydrogen-bond acceptors (Lipinski definition) is 5. The van der Waals surface area contributed by atoms with E-state index in [1.807, 2.05) is 13.8 Å². The van der Waals surface area contributed by atoms with Crippen molar-refractivity contribution in [1.29, 1.82) is 0 Å². The maximum absolute atomic E-state index is 12.9. The average Bonchev–Trinajstić information content (AvgIpc) is 3.23. The Kier molecular flexibility index (Phi) is 9.39.